The van der Waals surface area contributed by atoms with Gasteiger partial charge < -0.3 is 41.2 Å². The molecule has 1 saturated heterocycles. The summed E-state index contributed by atoms with van der Waals surface area (Å²) in [5, 5.41) is 34.7. The minimum atomic E-state index is -1.48. The summed E-state index contributed by atoms with van der Waals surface area (Å²) in [7, 11) is 0. The van der Waals surface area contributed by atoms with Crippen molar-refractivity contribution < 1.29 is 39.2 Å². The van der Waals surface area contributed by atoms with E-state index in [2.05, 4.69) is 17.6 Å². The van der Waals surface area contributed by atoms with Gasteiger partial charge in [-0.15, -0.1) is 0 Å². The highest BCUT2D eigenvalue weighted by molar-refractivity contribution is 5.86. The Bertz CT molecular complexity index is 621. The third-order valence-corrected chi connectivity index (χ3v) is 5.86. The minimum Gasteiger partial charge on any atom is -0.394 e. The van der Waals surface area contributed by atoms with Crippen molar-refractivity contribution in [3.05, 3.63) is 0 Å². The summed E-state index contributed by atoms with van der Waals surface area (Å²) in [5.74, 6) is -1.65. The predicted molar refractivity (Wildman–Crippen MR) is 124 cm³/mol. The second kappa shape index (κ2) is 16.8. The van der Waals surface area contributed by atoms with Crippen molar-refractivity contribution in [1.29, 1.82) is 0 Å². The molecule has 7 N–H and O–H groups in total. The number of ether oxygens (including phenoxy) is 2. The number of primary amides is 1. The Morgan fingerprint density at radius 3 is 2.12 bits per heavy atom. The summed E-state index contributed by atoms with van der Waals surface area (Å²) in [6.45, 7) is 2.43. The lowest BCUT2D eigenvalue weighted by Gasteiger charge is -2.42. The maximum atomic E-state index is 12.3. The number of carbonyl (C=O) groups excluding carboxylic acids is 3. The van der Waals surface area contributed by atoms with Crippen LogP contribution in [-0.2, 0) is 23.9 Å². The lowest BCUT2D eigenvalue weighted by Crippen LogP contribution is -2.65. The molecule has 0 radical (unpaired) electrons. The molecule has 0 spiro atoms. The van der Waals surface area contributed by atoms with Gasteiger partial charge >= 0.3 is 0 Å². The van der Waals surface area contributed by atoms with Crippen molar-refractivity contribution in [2.75, 3.05) is 13.2 Å². The number of unbranched alkanes of at least 4 members (excludes halogenated alkanes) is 8. The van der Waals surface area contributed by atoms with Gasteiger partial charge in [0.05, 0.1) is 13.2 Å². The molecule has 11 nitrogen and oxygen atoms in total. The van der Waals surface area contributed by atoms with Crippen LogP contribution in [0.2, 0.25) is 0 Å². The van der Waals surface area contributed by atoms with Gasteiger partial charge in [-0.25, -0.2) is 0 Å². The summed E-state index contributed by atoms with van der Waals surface area (Å²) in [4.78, 5) is 35.5. The van der Waals surface area contributed by atoms with Crippen LogP contribution in [0.4, 0.5) is 0 Å². The van der Waals surface area contributed by atoms with Crippen LogP contribution in [0, 0.1) is 0 Å². The first kappa shape index (κ1) is 30.2. The van der Waals surface area contributed by atoms with E-state index in [0.717, 1.165) is 19.3 Å². The van der Waals surface area contributed by atoms with Crippen LogP contribution in [0.25, 0.3) is 0 Å². The topological polar surface area (TPSA) is 180 Å². The van der Waals surface area contributed by atoms with E-state index in [4.69, 9.17) is 15.2 Å². The molecule has 0 aromatic rings. The van der Waals surface area contributed by atoms with Gasteiger partial charge in [0.1, 0.15) is 30.4 Å². The third kappa shape index (κ3) is 11.1. The van der Waals surface area contributed by atoms with Crippen molar-refractivity contribution in [1.82, 2.24) is 10.6 Å². The predicted octanol–water partition coefficient (Wildman–Crippen LogP) is -0.162. The molecule has 6 atom stereocenters. The van der Waals surface area contributed by atoms with Gasteiger partial charge in [-0.05, 0) is 6.42 Å². The van der Waals surface area contributed by atoms with E-state index >= 15 is 0 Å². The van der Waals surface area contributed by atoms with E-state index in [1.165, 1.54) is 39.0 Å². The zero-order valence-electron chi connectivity index (χ0n) is 20.4. The zero-order valence-corrected chi connectivity index (χ0v) is 20.4. The van der Waals surface area contributed by atoms with Crippen LogP contribution < -0.4 is 16.4 Å². The molecule has 3 amide bonds. The zero-order chi connectivity index (χ0) is 25.5. The fourth-order valence-electron chi connectivity index (χ4n) is 3.86. The number of aliphatic hydroxyl groups is 3. The van der Waals surface area contributed by atoms with Gasteiger partial charge in [0.25, 0.3) is 0 Å². The van der Waals surface area contributed by atoms with Crippen LogP contribution in [0.5, 0.6) is 0 Å². The van der Waals surface area contributed by atoms with Crippen LogP contribution in [-0.4, -0.2) is 82.9 Å². The number of hydrogen-bond donors (Lipinski definition) is 6. The van der Waals surface area contributed by atoms with Gasteiger partial charge in [0.15, 0.2) is 6.29 Å². The molecular weight excluding hydrogens is 446 g/mol. The highest BCUT2D eigenvalue weighted by Gasteiger charge is 2.45. The molecule has 1 rings (SSSR count). The van der Waals surface area contributed by atoms with Crippen LogP contribution in [0.15, 0.2) is 0 Å². The van der Waals surface area contributed by atoms with Gasteiger partial charge in [-0.1, -0.05) is 58.3 Å². The number of nitrogens with one attached hydrogen (secondary N) is 2. The van der Waals surface area contributed by atoms with Crippen molar-refractivity contribution in [3.63, 3.8) is 0 Å². The molecule has 0 aromatic carbocycles. The third-order valence-electron chi connectivity index (χ3n) is 5.86. The monoisotopic (exact) mass is 489 g/mol. The van der Waals surface area contributed by atoms with E-state index in [-0.39, 0.29) is 18.9 Å². The van der Waals surface area contributed by atoms with Crippen LogP contribution in [0.1, 0.15) is 78.1 Å². The Balaban J connectivity index is 2.47. The number of rotatable bonds is 17. The van der Waals surface area contributed by atoms with E-state index in [1.54, 1.807) is 0 Å². The summed E-state index contributed by atoms with van der Waals surface area (Å²) >= 11 is 0. The van der Waals surface area contributed by atoms with E-state index in [1.807, 2.05) is 0 Å². The van der Waals surface area contributed by atoms with Gasteiger partial charge in [-0.3, -0.25) is 14.4 Å². The van der Waals surface area contributed by atoms with Gasteiger partial charge in [0, 0.05) is 13.3 Å². The van der Waals surface area contributed by atoms with Gasteiger partial charge in [-0.2, -0.15) is 0 Å². The second-order valence-electron chi connectivity index (χ2n) is 8.87. The van der Waals surface area contributed by atoms with Crippen LogP contribution in [0.3, 0.4) is 0 Å². The van der Waals surface area contributed by atoms with Gasteiger partial charge in [0.2, 0.25) is 17.7 Å². The normalized spacial score (nSPS) is 25.5. The molecule has 1 fully saturated rings. The smallest absolute Gasteiger partial charge is 0.242 e. The summed E-state index contributed by atoms with van der Waals surface area (Å²) in [6.07, 6.45) is 4.95. The summed E-state index contributed by atoms with van der Waals surface area (Å²) < 4.78 is 11.0. The number of hydrogen-bond acceptors (Lipinski definition) is 8. The quantitative estimate of drug-likeness (QED) is 0.152. The average Bonchev–Trinajstić information content (AvgIpc) is 2.79. The Morgan fingerprint density at radius 1 is 1.00 bits per heavy atom. The molecule has 1 aliphatic rings. The summed E-state index contributed by atoms with van der Waals surface area (Å²) in [5.41, 5.74) is 5.39. The fourth-order valence-corrected chi connectivity index (χ4v) is 3.86. The molecule has 11 heteroatoms. The maximum Gasteiger partial charge on any atom is 0.242 e. The molecular formula is C23H43N3O8. The Labute approximate surface area is 201 Å². The maximum absolute atomic E-state index is 12.3. The second-order valence-corrected chi connectivity index (χ2v) is 8.87. The Morgan fingerprint density at radius 2 is 1.59 bits per heavy atom. The van der Waals surface area contributed by atoms with Crippen molar-refractivity contribution >= 4 is 17.7 Å². The number of amides is 3. The first-order valence-electron chi connectivity index (χ1n) is 12.3. The van der Waals surface area contributed by atoms with Crippen molar-refractivity contribution in [2.24, 2.45) is 5.73 Å². The standard InChI is InChI=1S/C23H43N3O8/c1-3-4-5-6-7-8-9-10-11-12-18(29)26-16(22(24)32)14-33-23-19(25-15(2)28)21(31)20(30)17(13-27)34-23/h16-17,19-21,23,27,30-31H,3-14H2,1-2H3,(H2,24,32)(H,25,28)(H,26,29)/t16?,17-,19-,20+,21-,23+/m1/s1. The highest BCUT2D eigenvalue weighted by Crippen LogP contribution is 2.22. The first-order valence-corrected chi connectivity index (χ1v) is 12.3. The van der Waals surface area contributed by atoms with Crippen molar-refractivity contribution in [3.8, 4) is 0 Å². The first-order chi connectivity index (χ1) is 16.2. The molecule has 0 saturated carbocycles. The molecule has 34 heavy (non-hydrogen) atoms. The van der Waals surface area contributed by atoms with E-state index < -0.39 is 55.1 Å². The fraction of sp³-hybridized carbons (Fsp3) is 0.870. The van der Waals surface area contributed by atoms with E-state index in [9.17, 15) is 29.7 Å². The Kier molecular flexibility index (Phi) is 14.9. The van der Waals surface area contributed by atoms with Crippen LogP contribution >= 0.6 is 0 Å². The summed E-state index contributed by atoms with van der Waals surface area (Å²) in [6, 6.07) is -2.30. The minimum absolute atomic E-state index is 0.256. The molecule has 198 valence electrons. The molecule has 0 aromatic heterocycles. The van der Waals surface area contributed by atoms with E-state index in [0.29, 0.717) is 6.42 Å². The lowest BCUT2D eigenvalue weighted by atomic mass is 9.97. The number of nitrogens with two attached hydrogens (primary N) is 1. The molecule has 1 aliphatic heterocycles. The average molecular weight is 490 g/mol. The highest BCUT2D eigenvalue weighted by atomic mass is 16.7. The SMILES string of the molecule is CCCCCCCCCCCC(=O)NC(CO[C@H]1O[C@H](CO)[C@H](O)[C@H](O)[C@H]1NC(C)=O)C(N)=O. The molecule has 0 aliphatic carbocycles. The molecule has 1 unspecified atom stereocenters. The number of aliphatic hydroxyl groups excluding tert-OH is 3. The number of carbonyl (C=O) groups is 3. The molecule has 0 bridgehead atoms. The van der Waals surface area contributed by atoms with Crippen molar-refractivity contribution in [2.45, 2.75) is 115 Å². The largest absolute Gasteiger partial charge is 0.394 e. The molecule has 1 heterocycles. The lowest BCUT2D eigenvalue weighted by molar-refractivity contribution is -0.270. The Hall–Kier alpha value is -1.79.